The minimum atomic E-state index is -0.349. The van der Waals surface area contributed by atoms with Crippen molar-refractivity contribution in [3.63, 3.8) is 0 Å². The third-order valence-corrected chi connectivity index (χ3v) is 4.38. The summed E-state index contributed by atoms with van der Waals surface area (Å²) in [4.78, 5) is 11.2. The number of hydrogen-bond acceptors (Lipinski definition) is 3. The number of fused-ring (bicyclic) bond motifs is 3. The van der Waals surface area contributed by atoms with Gasteiger partial charge < -0.3 is 4.42 Å². The first kappa shape index (κ1) is 14.0. The highest BCUT2D eigenvalue weighted by Crippen LogP contribution is 2.38. The Morgan fingerprint density at radius 3 is 2.39 bits per heavy atom. The lowest BCUT2D eigenvalue weighted by Crippen LogP contribution is -1.92. The highest BCUT2D eigenvalue weighted by Gasteiger charge is 2.19. The van der Waals surface area contributed by atoms with Crippen LogP contribution in [-0.2, 0) is 0 Å². The molecule has 0 saturated carbocycles. The third-order valence-electron chi connectivity index (χ3n) is 3.85. The lowest BCUT2D eigenvalue weighted by molar-refractivity contribution is -0.384. The maximum absolute atomic E-state index is 11.5. The molecule has 4 nitrogen and oxygen atoms in total. The summed E-state index contributed by atoms with van der Waals surface area (Å²) in [5, 5.41) is 13.2. The Bertz CT molecular complexity index is 1050. The summed E-state index contributed by atoms with van der Waals surface area (Å²) >= 11 is 3.38. The van der Waals surface area contributed by atoms with Gasteiger partial charge in [-0.3, -0.25) is 10.1 Å². The molecule has 1 aromatic heterocycles. The summed E-state index contributed by atoms with van der Waals surface area (Å²) < 4.78 is 6.77. The van der Waals surface area contributed by atoms with Gasteiger partial charge in [0.2, 0.25) is 0 Å². The Kier molecular flexibility index (Phi) is 3.16. The van der Waals surface area contributed by atoms with Crippen LogP contribution in [0.4, 0.5) is 5.69 Å². The molecule has 23 heavy (non-hydrogen) atoms. The Labute approximate surface area is 139 Å². The number of nitro groups is 1. The van der Waals surface area contributed by atoms with Gasteiger partial charge in [-0.05, 0) is 29.8 Å². The first-order chi connectivity index (χ1) is 11.1. The van der Waals surface area contributed by atoms with Crippen molar-refractivity contribution >= 4 is 43.6 Å². The van der Waals surface area contributed by atoms with Crippen LogP contribution < -0.4 is 0 Å². The SMILES string of the molecule is O=[N+]([O-])c1cc2c(cc1-c1ccc(Br)cc1)oc1ccccc12. The normalized spacial score (nSPS) is 11.2. The molecule has 0 saturated heterocycles. The number of rotatable bonds is 2. The standard InChI is InChI=1S/C18H10BrNO3/c19-12-7-5-11(6-8-12)14-10-18-15(9-16(14)20(21)22)13-3-1-2-4-17(13)23-18/h1-10H. The van der Waals surface area contributed by atoms with Gasteiger partial charge in [-0.2, -0.15) is 0 Å². The molecular weight excluding hydrogens is 358 g/mol. The van der Waals surface area contributed by atoms with Crippen molar-refractivity contribution in [2.45, 2.75) is 0 Å². The Morgan fingerprint density at radius 2 is 1.65 bits per heavy atom. The molecule has 5 heteroatoms. The van der Waals surface area contributed by atoms with Crippen molar-refractivity contribution in [3.8, 4) is 11.1 Å². The molecular formula is C18H10BrNO3. The molecule has 0 fully saturated rings. The number of benzene rings is 3. The smallest absolute Gasteiger partial charge is 0.278 e. The third kappa shape index (κ3) is 2.29. The van der Waals surface area contributed by atoms with Crippen LogP contribution in [0.1, 0.15) is 0 Å². The zero-order valence-electron chi connectivity index (χ0n) is 11.8. The average Bonchev–Trinajstić information content (AvgIpc) is 2.92. The zero-order valence-corrected chi connectivity index (χ0v) is 13.4. The predicted octanol–water partition coefficient (Wildman–Crippen LogP) is 5.92. The van der Waals surface area contributed by atoms with Gasteiger partial charge in [-0.1, -0.05) is 46.3 Å². The molecule has 4 aromatic rings. The van der Waals surface area contributed by atoms with Gasteiger partial charge in [-0.25, -0.2) is 0 Å². The van der Waals surface area contributed by atoms with Crippen LogP contribution in [0.3, 0.4) is 0 Å². The number of halogens is 1. The van der Waals surface area contributed by atoms with E-state index in [2.05, 4.69) is 15.9 Å². The highest BCUT2D eigenvalue weighted by molar-refractivity contribution is 9.10. The van der Waals surface area contributed by atoms with E-state index >= 15 is 0 Å². The Morgan fingerprint density at radius 1 is 0.913 bits per heavy atom. The Hall–Kier alpha value is -2.66. The molecule has 0 aliphatic carbocycles. The van der Waals surface area contributed by atoms with Gasteiger partial charge in [0, 0.05) is 21.3 Å². The average molecular weight is 368 g/mol. The monoisotopic (exact) mass is 367 g/mol. The maximum Gasteiger partial charge on any atom is 0.278 e. The van der Waals surface area contributed by atoms with Crippen molar-refractivity contribution in [1.82, 2.24) is 0 Å². The predicted molar refractivity (Wildman–Crippen MR) is 93.5 cm³/mol. The molecule has 0 aliphatic rings. The molecule has 0 bridgehead atoms. The summed E-state index contributed by atoms with van der Waals surface area (Å²) in [7, 11) is 0. The minimum absolute atomic E-state index is 0.0753. The summed E-state index contributed by atoms with van der Waals surface area (Å²) in [5.41, 5.74) is 2.78. The summed E-state index contributed by atoms with van der Waals surface area (Å²) in [6.07, 6.45) is 0. The van der Waals surface area contributed by atoms with Crippen LogP contribution in [-0.4, -0.2) is 4.92 Å². The second-order valence-electron chi connectivity index (χ2n) is 5.23. The summed E-state index contributed by atoms with van der Waals surface area (Å²) in [6, 6.07) is 18.3. The summed E-state index contributed by atoms with van der Waals surface area (Å²) in [6.45, 7) is 0. The molecule has 0 radical (unpaired) electrons. The molecule has 0 spiro atoms. The van der Waals surface area contributed by atoms with Gasteiger partial charge in [-0.15, -0.1) is 0 Å². The van der Waals surface area contributed by atoms with Gasteiger partial charge in [0.15, 0.2) is 0 Å². The van der Waals surface area contributed by atoms with E-state index < -0.39 is 0 Å². The van der Waals surface area contributed by atoms with Gasteiger partial charge in [0.05, 0.1) is 10.5 Å². The van der Waals surface area contributed by atoms with Crippen LogP contribution in [0, 0.1) is 10.1 Å². The van der Waals surface area contributed by atoms with Crippen LogP contribution in [0.5, 0.6) is 0 Å². The van der Waals surface area contributed by atoms with E-state index in [-0.39, 0.29) is 10.6 Å². The van der Waals surface area contributed by atoms with Crippen LogP contribution in [0.2, 0.25) is 0 Å². The number of hydrogen-bond donors (Lipinski definition) is 0. The molecule has 3 aromatic carbocycles. The van der Waals surface area contributed by atoms with Crippen molar-refractivity contribution in [3.05, 3.63) is 75.3 Å². The second-order valence-corrected chi connectivity index (χ2v) is 6.14. The van der Waals surface area contributed by atoms with Crippen molar-refractivity contribution in [2.75, 3.05) is 0 Å². The molecule has 0 N–H and O–H groups in total. The van der Waals surface area contributed by atoms with E-state index in [1.54, 1.807) is 12.1 Å². The number of para-hydroxylation sites is 1. The lowest BCUT2D eigenvalue weighted by atomic mass is 10.0. The molecule has 0 aliphatic heterocycles. The van der Waals surface area contributed by atoms with Gasteiger partial charge in [0.25, 0.3) is 5.69 Å². The van der Waals surface area contributed by atoms with E-state index in [9.17, 15) is 10.1 Å². The van der Waals surface area contributed by atoms with Crippen molar-refractivity contribution < 1.29 is 9.34 Å². The van der Waals surface area contributed by atoms with Gasteiger partial charge in [0.1, 0.15) is 11.2 Å². The molecule has 0 amide bonds. The quantitative estimate of drug-likeness (QED) is 0.326. The van der Waals surface area contributed by atoms with E-state index in [0.29, 0.717) is 11.1 Å². The first-order valence-corrected chi connectivity index (χ1v) is 7.78. The van der Waals surface area contributed by atoms with Crippen LogP contribution in [0.25, 0.3) is 33.1 Å². The van der Waals surface area contributed by atoms with Gasteiger partial charge >= 0.3 is 0 Å². The fourth-order valence-electron chi connectivity index (χ4n) is 2.77. The largest absolute Gasteiger partial charge is 0.456 e. The highest BCUT2D eigenvalue weighted by atomic mass is 79.9. The molecule has 112 valence electrons. The minimum Gasteiger partial charge on any atom is -0.456 e. The van der Waals surface area contributed by atoms with Crippen LogP contribution in [0.15, 0.2) is 69.6 Å². The van der Waals surface area contributed by atoms with E-state index in [1.807, 2.05) is 48.5 Å². The van der Waals surface area contributed by atoms with E-state index in [4.69, 9.17) is 4.42 Å². The topological polar surface area (TPSA) is 56.3 Å². The number of nitro benzene ring substituents is 1. The Balaban J connectivity index is 2.06. The molecule has 1 heterocycles. The second kappa shape index (κ2) is 5.21. The summed E-state index contributed by atoms with van der Waals surface area (Å²) in [5.74, 6) is 0. The number of nitrogens with zero attached hydrogens (tertiary/aromatic N) is 1. The number of furan rings is 1. The van der Waals surface area contributed by atoms with E-state index in [1.165, 1.54) is 0 Å². The van der Waals surface area contributed by atoms with Crippen molar-refractivity contribution in [1.29, 1.82) is 0 Å². The molecule has 0 unspecified atom stereocenters. The fraction of sp³-hybridized carbons (Fsp3) is 0. The van der Waals surface area contributed by atoms with Crippen LogP contribution >= 0.6 is 15.9 Å². The fourth-order valence-corrected chi connectivity index (χ4v) is 3.04. The van der Waals surface area contributed by atoms with Crippen molar-refractivity contribution in [2.24, 2.45) is 0 Å². The molecule has 0 atom stereocenters. The maximum atomic E-state index is 11.5. The lowest BCUT2D eigenvalue weighted by Gasteiger charge is -2.04. The molecule has 4 rings (SSSR count). The zero-order chi connectivity index (χ0) is 16.0. The first-order valence-electron chi connectivity index (χ1n) is 6.99. The van der Waals surface area contributed by atoms with E-state index in [0.717, 1.165) is 26.4 Å².